The van der Waals surface area contributed by atoms with Crippen molar-refractivity contribution < 1.29 is 27.1 Å². The fourth-order valence-corrected chi connectivity index (χ4v) is 5.97. The van der Waals surface area contributed by atoms with Crippen molar-refractivity contribution in [1.29, 1.82) is 0 Å². The summed E-state index contributed by atoms with van der Waals surface area (Å²) >= 11 is 0. The second-order valence-corrected chi connectivity index (χ2v) is 10.1. The number of rotatable bonds is 6. The number of carbonyl (C=O) groups is 1. The summed E-state index contributed by atoms with van der Waals surface area (Å²) in [5, 5.41) is 2.88. The van der Waals surface area contributed by atoms with Crippen LogP contribution in [0.1, 0.15) is 29.2 Å². The first-order valence-electron chi connectivity index (χ1n) is 10.9. The van der Waals surface area contributed by atoms with Crippen molar-refractivity contribution in [2.75, 3.05) is 13.3 Å². The van der Waals surface area contributed by atoms with Crippen LogP contribution in [-0.4, -0.2) is 32.0 Å². The molecule has 1 unspecified atom stereocenters. The van der Waals surface area contributed by atoms with E-state index in [2.05, 4.69) is 5.32 Å². The van der Waals surface area contributed by atoms with Crippen LogP contribution in [-0.2, 0) is 27.8 Å². The van der Waals surface area contributed by atoms with Gasteiger partial charge in [0.05, 0.1) is 10.9 Å². The first kappa shape index (κ1) is 22.4. The monoisotopic (exact) mass is 482 g/mol. The Morgan fingerprint density at radius 3 is 2.62 bits per heavy atom. The van der Waals surface area contributed by atoms with Gasteiger partial charge in [0.15, 0.2) is 11.5 Å². The van der Waals surface area contributed by atoms with Gasteiger partial charge in [0.1, 0.15) is 5.82 Å². The highest BCUT2D eigenvalue weighted by atomic mass is 32.2. The van der Waals surface area contributed by atoms with Crippen LogP contribution >= 0.6 is 0 Å². The Hall–Kier alpha value is -3.43. The summed E-state index contributed by atoms with van der Waals surface area (Å²) in [5.41, 5.74) is 2.66. The van der Waals surface area contributed by atoms with E-state index in [-0.39, 0.29) is 37.1 Å². The standard InChI is InChI=1S/C25H23FN2O5S/c26-19-6-8-20(9-7-19)34(30,31)28-12-11-18-3-1-2-4-21(18)22(28)14-25(29)27-15-17-5-10-23-24(13-17)33-16-32-23/h1-10,13,22H,11-12,14-16H2,(H,27,29). The van der Waals surface area contributed by atoms with Crippen molar-refractivity contribution >= 4 is 15.9 Å². The van der Waals surface area contributed by atoms with E-state index in [1.54, 1.807) is 6.07 Å². The zero-order valence-corrected chi connectivity index (χ0v) is 19.1. The Morgan fingerprint density at radius 1 is 1.03 bits per heavy atom. The van der Waals surface area contributed by atoms with Crippen LogP contribution in [0.2, 0.25) is 0 Å². The van der Waals surface area contributed by atoms with Gasteiger partial charge in [-0.25, -0.2) is 12.8 Å². The SMILES string of the molecule is O=C(CC1c2ccccc2CCN1S(=O)(=O)c1ccc(F)cc1)NCc1ccc2c(c1)OCO2. The quantitative estimate of drug-likeness (QED) is 0.581. The second-order valence-electron chi connectivity index (χ2n) is 8.20. The van der Waals surface area contributed by atoms with Crippen molar-refractivity contribution in [3.63, 3.8) is 0 Å². The molecule has 0 saturated carbocycles. The van der Waals surface area contributed by atoms with E-state index in [0.29, 0.717) is 17.9 Å². The van der Waals surface area contributed by atoms with Crippen molar-refractivity contribution in [3.05, 3.63) is 89.2 Å². The highest BCUT2D eigenvalue weighted by Crippen LogP contribution is 2.36. The van der Waals surface area contributed by atoms with Crippen LogP contribution in [0.3, 0.4) is 0 Å². The Kier molecular flexibility index (Phi) is 5.97. The first-order chi connectivity index (χ1) is 16.4. The fraction of sp³-hybridized carbons (Fsp3) is 0.240. The third-order valence-electron chi connectivity index (χ3n) is 6.09. The van der Waals surface area contributed by atoms with E-state index < -0.39 is 21.9 Å². The number of nitrogens with zero attached hydrogens (tertiary/aromatic N) is 1. The maximum atomic E-state index is 13.4. The van der Waals surface area contributed by atoms with E-state index in [1.807, 2.05) is 36.4 Å². The maximum Gasteiger partial charge on any atom is 0.243 e. The van der Waals surface area contributed by atoms with Gasteiger partial charge in [-0.1, -0.05) is 30.3 Å². The molecule has 1 N–H and O–H groups in total. The summed E-state index contributed by atoms with van der Waals surface area (Å²) in [7, 11) is -3.93. The Labute approximate surface area is 197 Å². The lowest BCUT2D eigenvalue weighted by molar-refractivity contribution is -0.122. The highest BCUT2D eigenvalue weighted by Gasteiger charge is 2.37. The number of hydrogen-bond donors (Lipinski definition) is 1. The number of fused-ring (bicyclic) bond motifs is 2. The van der Waals surface area contributed by atoms with Gasteiger partial charge in [-0.3, -0.25) is 4.79 Å². The highest BCUT2D eigenvalue weighted by molar-refractivity contribution is 7.89. The van der Waals surface area contributed by atoms with Crippen molar-refractivity contribution in [2.24, 2.45) is 0 Å². The number of benzene rings is 3. The van der Waals surface area contributed by atoms with Gasteiger partial charge in [-0.2, -0.15) is 4.31 Å². The number of amides is 1. The molecule has 2 aliphatic heterocycles. The Bertz CT molecular complexity index is 1330. The molecule has 2 aliphatic rings. The molecule has 0 fully saturated rings. The smallest absolute Gasteiger partial charge is 0.243 e. The summed E-state index contributed by atoms with van der Waals surface area (Å²) in [6, 6.07) is 17.1. The normalized spacial score (nSPS) is 17.3. The zero-order valence-electron chi connectivity index (χ0n) is 18.2. The first-order valence-corrected chi connectivity index (χ1v) is 12.4. The van der Waals surface area contributed by atoms with E-state index in [0.717, 1.165) is 28.8 Å². The van der Waals surface area contributed by atoms with Crippen LogP contribution in [0.4, 0.5) is 4.39 Å². The molecule has 0 bridgehead atoms. The minimum absolute atomic E-state index is 0.000880. The minimum Gasteiger partial charge on any atom is -0.454 e. The van der Waals surface area contributed by atoms with Gasteiger partial charge in [-0.15, -0.1) is 0 Å². The number of sulfonamides is 1. The van der Waals surface area contributed by atoms with Gasteiger partial charge >= 0.3 is 0 Å². The van der Waals surface area contributed by atoms with Crippen molar-refractivity contribution in [2.45, 2.75) is 30.3 Å². The number of ether oxygens (including phenoxy) is 2. The minimum atomic E-state index is -3.93. The van der Waals surface area contributed by atoms with Crippen LogP contribution in [0.5, 0.6) is 11.5 Å². The lowest BCUT2D eigenvalue weighted by atomic mass is 9.92. The molecule has 34 heavy (non-hydrogen) atoms. The third-order valence-corrected chi connectivity index (χ3v) is 8.01. The predicted molar refractivity (Wildman–Crippen MR) is 122 cm³/mol. The molecule has 2 heterocycles. The van der Waals surface area contributed by atoms with E-state index in [1.165, 1.54) is 16.4 Å². The predicted octanol–water partition coefficient (Wildman–Crippen LogP) is 3.55. The molecule has 0 radical (unpaired) electrons. The number of nitrogens with one attached hydrogen (secondary N) is 1. The van der Waals surface area contributed by atoms with Crippen LogP contribution in [0.25, 0.3) is 0 Å². The molecule has 3 aromatic rings. The van der Waals surface area contributed by atoms with Crippen LogP contribution < -0.4 is 14.8 Å². The Morgan fingerprint density at radius 2 is 1.79 bits per heavy atom. The van der Waals surface area contributed by atoms with Gasteiger partial charge < -0.3 is 14.8 Å². The van der Waals surface area contributed by atoms with E-state index in [9.17, 15) is 17.6 Å². The van der Waals surface area contributed by atoms with Crippen molar-refractivity contribution in [3.8, 4) is 11.5 Å². The summed E-state index contributed by atoms with van der Waals surface area (Å²) in [6.07, 6.45) is 0.494. The molecule has 7 nitrogen and oxygen atoms in total. The van der Waals surface area contributed by atoms with E-state index >= 15 is 0 Å². The molecule has 0 aromatic heterocycles. The fourth-order valence-electron chi connectivity index (χ4n) is 4.37. The van der Waals surface area contributed by atoms with Crippen LogP contribution in [0, 0.1) is 5.82 Å². The molecule has 0 saturated heterocycles. The Balaban J connectivity index is 1.37. The number of carbonyl (C=O) groups excluding carboxylic acids is 1. The molecular weight excluding hydrogens is 459 g/mol. The van der Waals surface area contributed by atoms with Gasteiger partial charge in [-0.05, 0) is 59.5 Å². The molecule has 1 atom stereocenters. The summed E-state index contributed by atoms with van der Waals surface area (Å²) in [5.74, 6) is 0.501. The second kappa shape index (κ2) is 9.08. The number of halogens is 1. The summed E-state index contributed by atoms with van der Waals surface area (Å²) in [4.78, 5) is 12.9. The molecule has 176 valence electrons. The molecule has 1 amide bonds. The molecule has 3 aromatic carbocycles. The maximum absolute atomic E-state index is 13.4. The average Bonchev–Trinajstić information content (AvgIpc) is 3.31. The van der Waals surface area contributed by atoms with Crippen LogP contribution in [0.15, 0.2) is 71.6 Å². The van der Waals surface area contributed by atoms with Gasteiger partial charge in [0, 0.05) is 19.5 Å². The molecule has 0 aliphatic carbocycles. The molecule has 5 rings (SSSR count). The summed E-state index contributed by atoms with van der Waals surface area (Å²) in [6.45, 7) is 0.677. The lowest BCUT2D eigenvalue weighted by Gasteiger charge is -2.36. The average molecular weight is 483 g/mol. The van der Waals surface area contributed by atoms with Crippen molar-refractivity contribution in [1.82, 2.24) is 9.62 Å². The molecule has 9 heteroatoms. The van der Waals surface area contributed by atoms with Gasteiger partial charge in [0.2, 0.25) is 22.7 Å². The molecule has 0 spiro atoms. The van der Waals surface area contributed by atoms with Gasteiger partial charge in [0.25, 0.3) is 0 Å². The van der Waals surface area contributed by atoms with E-state index in [4.69, 9.17) is 9.47 Å². The largest absolute Gasteiger partial charge is 0.454 e. The zero-order chi connectivity index (χ0) is 23.7. The topological polar surface area (TPSA) is 84.9 Å². The summed E-state index contributed by atoms with van der Waals surface area (Å²) < 4.78 is 52.3. The number of hydrogen-bond acceptors (Lipinski definition) is 5. The lowest BCUT2D eigenvalue weighted by Crippen LogP contribution is -2.42. The molecular formula is C25H23FN2O5S. The third kappa shape index (κ3) is 4.36.